The predicted molar refractivity (Wildman–Crippen MR) is 280 cm³/mol. The molecule has 0 fully saturated rings. The first kappa shape index (κ1) is 37.3. The highest BCUT2D eigenvalue weighted by atomic mass is 15.1. The minimum absolute atomic E-state index is 1.09. The van der Waals surface area contributed by atoms with Crippen LogP contribution in [-0.2, 0) is 6.42 Å². The zero-order chi connectivity index (χ0) is 42.8. The minimum atomic E-state index is 1.09. The van der Waals surface area contributed by atoms with Gasteiger partial charge in [0.25, 0.3) is 0 Å². The van der Waals surface area contributed by atoms with Crippen molar-refractivity contribution < 1.29 is 0 Å². The predicted octanol–water partition coefficient (Wildman–Crippen LogP) is 18.0. The fourth-order valence-electron chi connectivity index (χ4n) is 10.8. The van der Waals surface area contributed by atoms with Crippen molar-refractivity contribution in [1.29, 1.82) is 0 Å². The Morgan fingerprint density at radius 1 is 0.308 bits per heavy atom. The van der Waals surface area contributed by atoms with Crippen molar-refractivity contribution in [1.82, 2.24) is 0 Å². The molecule has 0 saturated heterocycles. The molecule has 1 aliphatic rings. The van der Waals surface area contributed by atoms with Crippen molar-refractivity contribution in [3.05, 3.63) is 242 Å². The van der Waals surface area contributed by atoms with Crippen LogP contribution in [0.15, 0.2) is 231 Å². The van der Waals surface area contributed by atoms with E-state index in [9.17, 15) is 0 Å². The summed E-state index contributed by atoms with van der Waals surface area (Å²) in [5, 5.41) is 14.8. The van der Waals surface area contributed by atoms with Crippen LogP contribution in [0.2, 0.25) is 0 Å². The van der Waals surface area contributed by atoms with Crippen LogP contribution < -0.4 is 4.90 Å². The van der Waals surface area contributed by atoms with Crippen molar-refractivity contribution in [3.63, 3.8) is 0 Å². The van der Waals surface area contributed by atoms with Gasteiger partial charge in [0.1, 0.15) is 0 Å². The van der Waals surface area contributed by atoms with Crippen LogP contribution in [0.1, 0.15) is 17.5 Å². The average Bonchev–Trinajstić information content (AvgIpc) is 3.37. The van der Waals surface area contributed by atoms with E-state index in [-0.39, 0.29) is 0 Å². The molecule has 65 heavy (non-hydrogen) atoms. The van der Waals surface area contributed by atoms with Crippen molar-refractivity contribution in [3.8, 4) is 33.4 Å². The van der Waals surface area contributed by atoms with Crippen LogP contribution in [0.4, 0.5) is 17.1 Å². The van der Waals surface area contributed by atoms with E-state index < -0.39 is 0 Å². The van der Waals surface area contributed by atoms with Crippen LogP contribution in [-0.4, -0.2) is 0 Å². The molecular formula is C64H43N. The number of aryl methyl sites for hydroxylation is 1. The van der Waals surface area contributed by atoms with E-state index in [2.05, 4.69) is 242 Å². The Morgan fingerprint density at radius 3 is 1.37 bits per heavy atom. The van der Waals surface area contributed by atoms with Crippen LogP contribution >= 0.6 is 0 Å². The normalized spacial score (nSPS) is 12.4. The van der Waals surface area contributed by atoms with E-state index in [1.807, 2.05) is 0 Å². The smallest absolute Gasteiger partial charge is 0.0618 e. The Kier molecular flexibility index (Phi) is 8.74. The van der Waals surface area contributed by atoms with Crippen molar-refractivity contribution >= 4 is 87.8 Å². The highest BCUT2D eigenvalue weighted by Gasteiger charge is 2.25. The first-order valence-electron chi connectivity index (χ1n) is 22.8. The molecule has 0 unspecified atom stereocenters. The van der Waals surface area contributed by atoms with Crippen LogP contribution in [0.5, 0.6) is 0 Å². The molecule has 1 aliphatic carbocycles. The van der Waals surface area contributed by atoms with Gasteiger partial charge < -0.3 is 4.90 Å². The molecule has 0 aliphatic heterocycles. The largest absolute Gasteiger partial charge is 0.309 e. The summed E-state index contributed by atoms with van der Waals surface area (Å²) in [5.74, 6) is 0. The second-order valence-corrected chi connectivity index (χ2v) is 17.5. The fourth-order valence-corrected chi connectivity index (χ4v) is 10.8. The van der Waals surface area contributed by atoms with Gasteiger partial charge in [0.05, 0.1) is 5.69 Å². The topological polar surface area (TPSA) is 3.24 Å². The number of rotatable bonds is 6. The van der Waals surface area contributed by atoms with Gasteiger partial charge in [-0.05, 0) is 154 Å². The lowest BCUT2D eigenvalue weighted by molar-refractivity contribution is 0.986. The van der Waals surface area contributed by atoms with Crippen LogP contribution in [0, 0.1) is 0 Å². The monoisotopic (exact) mass is 825 g/mol. The molecule has 0 amide bonds. The Morgan fingerprint density at radius 2 is 0.769 bits per heavy atom. The minimum Gasteiger partial charge on any atom is -0.309 e. The molecule has 1 nitrogen and oxygen atoms in total. The van der Waals surface area contributed by atoms with E-state index in [1.165, 1.54) is 115 Å². The zero-order valence-corrected chi connectivity index (χ0v) is 35.9. The third kappa shape index (κ3) is 6.15. The number of fused-ring (bicyclic) bond motifs is 7. The Balaban J connectivity index is 1.13. The summed E-state index contributed by atoms with van der Waals surface area (Å²) >= 11 is 0. The number of para-hydroxylation sites is 1. The SMILES string of the molecule is C1=Cc2cc(-c3c4ccccc4c(N(c4ccccc4)c4ccc5c(-c6ccc7ccccc7c6)c6ccccc6c(-c6ccc7ccccc7c6)c5c4)c4ccccc34)ccc2CC1. The Bertz CT molecular complexity index is 3840. The third-order valence-electron chi connectivity index (χ3n) is 13.8. The van der Waals surface area contributed by atoms with Crippen LogP contribution in [0.25, 0.3) is 104 Å². The number of anilines is 3. The summed E-state index contributed by atoms with van der Waals surface area (Å²) in [5.41, 5.74) is 13.6. The molecule has 0 aromatic heterocycles. The number of benzene rings is 12. The number of nitrogens with zero attached hydrogens (tertiary/aromatic N) is 1. The molecule has 12 aromatic carbocycles. The molecule has 12 aromatic rings. The van der Waals surface area contributed by atoms with Gasteiger partial charge in [-0.15, -0.1) is 0 Å². The second-order valence-electron chi connectivity index (χ2n) is 17.5. The van der Waals surface area contributed by atoms with E-state index in [0.717, 1.165) is 24.2 Å². The van der Waals surface area contributed by atoms with Gasteiger partial charge in [0.15, 0.2) is 0 Å². The van der Waals surface area contributed by atoms with Gasteiger partial charge in [0.2, 0.25) is 0 Å². The summed E-state index contributed by atoms with van der Waals surface area (Å²) < 4.78 is 0. The molecule has 0 N–H and O–H groups in total. The summed E-state index contributed by atoms with van der Waals surface area (Å²) in [6, 6.07) is 83.7. The van der Waals surface area contributed by atoms with Gasteiger partial charge in [-0.2, -0.15) is 0 Å². The number of hydrogen-bond acceptors (Lipinski definition) is 1. The maximum absolute atomic E-state index is 2.51. The molecular weight excluding hydrogens is 783 g/mol. The van der Waals surface area contributed by atoms with Gasteiger partial charge in [-0.1, -0.05) is 194 Å². The summed E-state index contributed by atoms with van der Waals surface area (Å²) in [6.45, 7) is 0. The highest BCUT2D eigenvalue weighted by molar-refractivity contribution is 6.25. The van der Waals surface area contributed by atoms with Gasteiger partial charge in [-0.3, -0.25) is 0 Å². The van der Waals surface area contributed by atoms with E-state index in [1.54, 1.807) is 0 Å². The molecule has 0 heterocycles. The zero-order valence-electron chi connectivity index (χ0n) is 35.9. The average molecular weight is 826 g/mol. The lowest BCUT2D eigenvalue weighted by Gasteiger charge is -2.30. The number of hydrogen-bond donors (Lipinski definition) is 0. The molecule has 13 rings (SSSR count). The third-order valence-corrected chi connectivity index (χ3v) is 13.8. The second kappa shape index (κ2) is 15.2. The first-order chi connectivity index (χ1) is 32.2. The van der Waals surface area contributed by atoms with Gasteiger partial charge in [0, 0.05) is 22.1 Å². The molecule has 0 radical (unpaired) electrons. The molecule has 1 heteroatoms. The summed E-state index contributed by atoms with van der Waals surface area (Å²) in [6.07, 6.45) is 6.80. The maximum atomic E-state index is 2.51. The maximum Gasteiger partial charge on any atom is 0.0618 e. The van der Waals surface area contributed by atoms with E-state index in [0.29, 0.717) is 0 Å². The molecule has 0 atom stereocenters. The lowest BCUT2D eigenvalue weighted by atomic mass is 9.84. The van der Waals surface area contributed by atoms with Crippen LogP contribution in [0.3, 0.4) is 0 Å². The lowest BCUT2D eigenvalue weighted by Crippen LogP contribution is -2.11. The van der Waals surface area contributed by atoms with Gasteiger partial charge in [-0.25, -0.2) is 0 Å². The molecule has 0 saturated carbocycles. The summed E-state index contributed by atoms with van der Waals surface area (Å²) in [7, 11) is 0. The summed E-state index contributed by atoms with van der Waals surface area (Å²) in [4.78, 5) is 2.51. The standard InChI is InChI=1S/C64H43N/c1-2-22-51(23-3-1)65(64-58-28-14-12-26-55(58)62(56-27-13-15-29-59(56)64)49-34-31-43-17-5-8-20-46(43)39-49)52-36-37-57-60(41-52)63(50-35-32-44-18-6-9-21-47(44)40-50)54-25-11-10-24-53(54)61(57)48-33-30-42-16-4-7-19-45(42)38-48/h1-4,6-16,18-41H,5,17H2. The number of allylic oxidation sites excluding steroid dienone is 1. The molecule has 0 spiro atoms. The Labute approximate surface area is 378 Å². The van der Waals surface area contributed by atoms with Crippen molar-refractivity contribution in [2.75, 3.05) is 4.90 Å². The molecule has 304 valence electrons. The first-order valence-corrected chi connectivity index (χ1v) is 22.8. The quantitative estimate of drug-likeness (QED) is 0.151. The fraction of sp³-hybridized carbons (Fsp3) is 0.0312. The Hall–Kier alpha value is -8.26. The van der Waals surface area contributed by atoms with E-state index in [4.69, 9.17) is 0 Å². The van der Waals surface area contributed by atoms with Gasteiger partial charge >= 0.3 is 0 Å². The van der Waals surface area contributed by atoms with Crippen molar-refractivity contribution in [2.24, 2.45) is 0 Å². The molecule has 0 bridgehead atoms. The van der Waals surface area contributed by atoms with Crippen molar-refractivity contribution in [2.45, 2.75) is 12.8 Å². The highest BCUT2D eigenvalue weighted by Crippen LogP contribution is 2.51. The van der Waals surface area contributed by atoms with E-state index >= 15 is 0 Å².